The third-order valence-corrected chi connectivity index (χ3v) is 3.49. The molecule has 2 heterocycles. The Labute approximate surface area is 137 Å². The number of para-hydroxylation sites is 2. The molecule has 2 N–H and O–H groups in total. The van der Waals surface area contributed by atoms with Gasteiger partial charge in [0, 0.05) is 23.2 Å². The van der Waals surface area contributed by atoms with Crippen LogP contribution in [0.15, 0.2) is 73.1 Å². The highest BCUT2D eigenvalue weighted by Gasteiger charge is 2.12. The first kappa shape index (κ1) is 15.4. The molecule has 0 unspecified atom stereocenters. The first-order valence-electron chi connectivity index (χ1n) is 7.26. The average Bonchev–Trinajstić information content (AvgIpc) is 2.62. The van der Waals surface area contributed by atoms with Gasteiger partial charge >= 0.3 is 5.97 Å². The number of benzene rings is 2. The number of aromatic hydroxyl groups is 1. The highest BCUT2D eigenvalue weighted by atomic mass is 16.4. The maximum absolute atomic E-state index is 10.7. The molecule has 0 aliphatic carbocycles. The van der Waals surface area contributed by atoms with Gasteiger partial charge in [-0.1, -0.05) is 36.4 Å². The Morgan fingerprint density at radius 3 is 2.25 bits per heavy atom. The zero-order chi connectivity index (χ0) is 16.9. The van der Waals surface area contributed by atoms with Crippen molar-refractivity contribution in [1.29, 1.82) is 0 Å². The van der Waals surface area contributed by atoms with Crippen LogP contribution < -0.4 is 0 Å². The molecular weight excluding hydrogens is 304 g/mol. The minimum Gasteiger partial charge on any atom is -0.506 e. The number of aromatic nitrogens is 2. The molecular formula is C19H14N2O3. The standard InChI is InChI=1S/C10H7NO3.C9H7N/c12-9-6-3-1-2-4-8(6)11-5-7(9)10(13)14;1-2-6-9-8(4-1)5-3-7-10-9/h1-5H,(H,11,12)(H,13,14);1-7H. The van der Waals surface area contributed by atoms with Gasteiger partial charge in [-0.15, -0.1) is 0 Å². The molecule has 0 radical (unpaired) electrons. The van der Waals surface area contributed by atoms with Crippen LogP contribution in [0.1, 0.15) is 10.4 Å². The van der Waals surface area contributed by atoms with Gasteiger partial charge in [0.05, 0.1) is 11.0 Å². The van der Waals surface area contributed by atoms with Crippen molar-refractivity contribution in [3.05, 3.63) is 78.6 Å². The van der Waals surface area contributed by atoms with E-state index in [0.29, 0.717) is 10.9 Å². The van der Waals surface area contributed by atoms with Crippen molar-refractivity contribution in [3.63, 3.8) is 0 Å². The summed E-state index contributed by atoms with van der Waals surface area (Å²) in [5.74, 6) is -1.41. The fourth-order valence-electron chi connectivity index (χ4n) is 2.30. The third-order valence-electron chi connectivity index (χ3n) is 3.49. The molecule has 0 atom stereocenters. The Balaban J connectivity index is 0.000000149. The fraction of sp³-hybridized carbons (Fsp3) is 0. The van der Waals surface area contributed by atoms with Gasteiger partial charge in [-0.05, 0) is 24.3 Å². The van der Waals surface area contributed by atoms with Crippen molar-refractivity contribution in [1.82, 2.24) is 9.97 Å². The Hall–Kier alpha value is -3.47. The molecule has 0 amide bonds. The molecule has 0 saturated heterocycles. The Morgan fingerprint density at radius 1 is 0.833 bits per heavy atom. The highest BCUT2D eigenvalue weighted by molar-refractivity contribution is 5.98. The maximum atomic E-state index is 10.7. The van der Waals surface area contributed by atoms with Crippen LogP contribution >= 0.6 is 0 Å². The van der Waals surface area contributed by atoms with Gasteiger partial charge in [0.15, 0.2) is 0 Å². The minimum atomic E-state index is -1.18. The lowest BCUT2D eigenvalue weighted by Crippen LogP contribution is -1.98. The molecule has 24 heavy (non-hydrogen) atoms. The van der Waals surface area contributed by atoms with Crippen LogP contribution in [0.5, 0.6) is 5.75 Å². The zero-order valence-corrected chi connectivity index (χ0v) is 12.6. The van der Waals surface area contributed by atoms with Gasteiger partial charge in [-0.2, -0.15) is 0 Å². The van der Waals surface area contributed by atoms with E-state index in [4.69, 9.17) is 5.11 Å². The third kappa shape index (κ3) is 3.15. The van der Waals surface area contributed by atoms with Crippen molar-refractivity contribution in [2.24, 2.45) is 0 Å². The number of hydrogen-bond acceptors (Lipinski definition) is 4. The number of aromatic carboxylic acids is 1. The van der Waals surface area contributed by atoms with E-state index in [-0.39, 0.29) is 11.3 Å². The van der Waals surface area contributed by atoms with Crippen molar-refractivity contribution in [2.75, 3.05) is 0 Å². The molecule has 2 aromatic heterocycles. The summed E-state index contributed by atoms with van der Waals surface area (Å²) >= 11 is 0. The molecule has 0 bridgehead atoms. The summed E-state index contributed by atoms with van der Waals surface area (Å²) < 4.78 is 0. The summed E-state index contributed by atoms with van der Waals surface area (Å²) in [4.78, 5) is 18.8. The number of carboxylic acids is 1. The van der Waals surface area contributed by atoms with Gasteiger partial charge in [0.2, 0.25) is 0 Å². The van der Waals surface area contributed by atoms with Crippen LogP contribution in [0, 0.1) is 0 Å². The Bertz CT molecular complexity index is 950. The number of rotatable bonds is 1. The van der Waals surface area contributed by atoms with Crippen LogP contribution in [0.25, 0.3) is 21.8 Å². The van der Waals surface area contributed by atoms with E-state index in [9.17, 15) is 9.90 Å². The number of nitrogens with zero attached hydrogens (tertiary/aromatic N) is 2. The molecule has 118 valence electrons. The SMILES string of the molecule is O=C(O)c1cnc2ccccc2c1O.c1ccc2ncccc2c1. The van der Waals surface area contributed by atoms with Gasteiger partial charge in [0.25, 0.3) is 0 Å². The number of hydrogen-bond donors (Lipinski definition) is 2. The summed E-state index contributed by atoms with van der Waals surface area (Å²) in [5.41, 5.74) is 1.46. The Morgan fingerprint density at radius 2 is 1.50 bits per heavy atom. The van der Waals surface area contributed by atoms with Gasteiger partial charge < -0.3 is 10.2 Å². The molecule has 0 saturated carbocycles. The normalized spacial score (nSPS) is 10.2. The molecule has 5 nitrogen and oxygen atoms in total. The summed E-state index contributed by atoms with van der Waals surface area (Å²) in [7, 11) is 0. The molecule has 0 fully saturated rings. The van der Waals surface area contributed by atoms with Crippen LogP contribution in [0.2, 0.25) is 0 Å². The minimum absolute atomic E-state index is 0.177. The molecule has 0 spiro atoms. The zero-order valence-electron chi connectivity index (χ0n) is 12.6. The van der Waals surface area contributed by atoms with Gasteiger partial charge in [-0.25, -0.2) is 4.79 Å². The number of pyridine rings is 2. The summed E-state index contributed by atoms with van der Waals surface area (Å²) in [6.45, 7) is 0. The van der Waals surface area contributed by atoms with Crippen molar-refractivity contribution in [3.8, 4) is 5.75 Å². The summed E-state index contributed by atoms with van der Waals surface area (Å²) in [5, 5.41) is 20.0. The quantitative estimate of drug-likeness (QED) is 0.556. The van der Waals surface area contributed by atoms with Crippen molar-refractivity contribution in [2.45, 2.75) is 0 Å². The first-order chi connectivity index (χ1) is 11.7. The maximum Gasteiger partial charge on any atom is 0.341 e. The van der Waals surface area contributed by atoms with E-state index in [2.05, 4.69) is 22.1 Å². The van der Waals surface area contributed by atoms with E-state index in [1.54, 1.807) is 24.3 Å². The molecule has 4 aromatic rings. The van der Waals surface area contributed by atoms with Crippen LogP contribution in [0.4, 0.5) is 0 Å². The van der Waals surface area contributed by atoms with E-state index in [1.807, 2.05) is 30.5 Å². The predicted molar refractivity (Wildman–Crippen MR) is 92.1 cm³/mol. The monoisotopic (exact) mass is 318 g/mol. The summed E-state index contributed by atoms with van der Waals surface area (Å²) in [6, 6.07) is 18.9. The van der Waals surface area contributed by atoms with Crippen LogP contribution in [-0.2, 0) is 0 Å². The number of carboxylic acid groups (broad SMARTS) is 1. The van der Waals surface area contributed by atoms with Crippen LogP contribution in [0.3, 0.4) is 0 Å². The lowest BCUT2D eigenvalue weighted by Gasteiger charge is -2.02. The molecule has 0 aliphatic heterocycles. The van der Waals surface area contributed by atoms with E-state index in [1.165, 1.54) is 5.39 Å². The topological polar surface area (TPSA) is 83.3 Å². The number of fused-ring (bicyclic) bond motifs is 2. The second-order valence-corrected chi connectivity index (χ2v) is 5.04. The molecule has 0 aliphatic rings. The van der Waals surface area contributed by atoms with Gasteiger partial charge in [-0.3, -0.25) is 9.97 Å². The molecule has 4 rings (SSSR count). The number of carbonyl (C=O) groups is 1. The lowest BCUT2D eigenvalue weighted by atomic mass is 10.1. The van der Waals surface area contributed by atoms with Gasteiger partial charge in [0.1, 0.15) is 11.3 Å². The molecule has 2 aromatic carbocycles. The van der Waals surface area contributed by atoms with Crippen molar-refractivity contribution >= 4 is 27.8 Å². The average molecular weight is 318 g/mol. The first-order valence-corrected chi connectivity index (χ1v) is 7.26. The second-order valence-electron chi connectivity index (χ2n) is 5.04. The lowest BCUT2D eigenvalue weighted by molar-refractivity contribution is 0.0693. The largest absolute Gasteiger partial charge is 0.506 e. The van der Waals surface area contributed by atoms with Crippen LogP contribution in [-0.4, -0.2) is 26.2 Å². The predicted octanol–water partition coefficient (Wildman–Crippen LogP) is 3.87. The van der Waals surface area contributed by atoms with E-state index in [0.717, 1.165) is 11.7 Å². The highest BCUT2D eigenvalue weighted by Crippen LogP contribution is 2.26. The Kier molecular flexibility index (Phi) is 4.34. The smallest absolute Gasteiger partial charge is 0.341 e. The van der Waals surface area contributed by atoms with Crippen molar-refractivity contribution < 1.29 is 15.0 Å². The fourth-order valence-corrected chi connectivity index (χ4v) is 2.30. The van der Waals surface area contributed by atoms with E-state index >= 15 is 0 Å². The van der Waals surface area contributed by atoms with E-state index < -0.39 is 5.97 Å². The summed E-state index contributed by atoms with van der Waals surface area (Å²) in [6.07, 6.45) is 2.96. The second kappa shape index (κ2) is 6.75. The molecule has 5 heteroatoms.